The summed E-state index contributed by atoms with van der Waals surface area (Å²) in [4.78, 5) is 39.9. The van der Waals surface area contributed by atoms with E-state index in [0.717, 1.165) is 35.9 Å². The van der Waals surface area contributed by atoms with E-state index >= 15 is 0 Å². The average molecular weight is 433 g/mol. The minimum atomic E-state index is -0.368. The summed E-state index contributed by atoms with van der Waals surface area (Å²) in [6.45, 7) is 0.405. The van der Waals surface area contributed by atoms with E-state index in [4.69, 9.17) is 0 Å². The van der Waals surface area contributed by atoms with Crippen LogP contribution in [0.3, 0.4) is 0 Å². The van der Waals surface area contributed by atoms with Crippen molar-refractivity contribution in [3.8, 4) is 0 Å². The molecule has 30 heavy (non-hydrogen) atoms. The molecule has 1 saturated carbocycles. The second-order valence-corrected chi connectivity index (χ2v) is 8.31. The highest BCUT2D eigenvalue weighted by Crippen LogP contribution is 2.24. The van der Waals surface area contributed by atoms with Gasteiger partial charge >= 0.3 is 6.03 Å². The van der Waals surface area contributed by atoms with Gasteiger partial charge < -0.3 is 16.0 Å². The first-order valence-corrected chi connectivity index (χ1v) is 11.1. The number of aromatic nitrogens is 1. The minimum Gasteiger partial charge on any atom is -0.352 e. The van der Waals surface area contributed by atoms with E-state index < -0.39 is 0 Å². The number of nitrogens with one attached hydrogen (secondary N) is 5. The molecule has 1 aliphatic carbocycles. The number of hydrogen-bond acceptors (Lipinski definition) is 6. The van der Waals surface area contributed by atoms with Gasteiger partial charge in [0.1, 0.15) is 0 Å². The van der Waals surface area contributed by atoms with Crippen LogP contribution in [0.25, 0.3) is 10.2 Å². The smallest absolute Gasteiger partial charge is 0.315 e. The fraction of sp³-hybridized carbons (Fsp3) is 0.500. The number of fused-ring (bicyclic) bond motifs is 1. The van der Waals surface area contributed by atoms with E-state index in [9.17, 15) is 14.4 Å². The number of nitrogens with zero attached hydrogens (tertiary/aromatic N) is 1. The molecule has 0 radical (unpaired) electrons. The number of anilines is 1. The highest BCUT2D eigenvalue weighted by atomic mass is 32.1. The fourth-order valence-corrected chi connectivity index (χ4v) is 4.15. The number of para-hydroxylation sites is 1. The third kappa shape index (κ3) is 7.18. The van der Waals surface area contributed by atoms with Crippen LogP contribution in [-0.4, -0.2) is 42.0 Å². The summed E-state index contributed by atoms with van der Waals surface area (Å²) in [5, 5.41) is 9.32. The zero-order valence-electron chi connectivity index (χ0n) is 16.8. The Kier molecular flexibility index (Phi) is 8.25. The van der Waals surface area contributed by atoms with Crippen molar-refractivity contribution >= 4 is 44.5 Å². The molecule has 1 aliphatic rings. The molecule has 1 fully saturated rings. The van der Waals surface area contributed by atoms with Crippen LogP contribution in [0.1, 0.15) is 44.9 Å². The molecule has 1 heterocycles. The first-order chi connectivity index (χ1) is 14.6. The molecule has 0 aliphatic heterocycles. The summed E-state index contributed by atoms with van der Waals surface area (Å²) in [7, 11) is 0. The topological polar surface area (TPSA) is 124 Å². The monoisotopic (exact) mass is 432 g/mol. The van der Waals surface area contributed by atoms with Gasteiger partial charge in [-0.25, -0.2) is 9.78 Å². The van der Waals surface area contributed by atoms with Crippen LogP contribution in [-0.2, 0) is 9.59 Å². The quantitative estimate of drug-likeness (QED) is 0.323. The van der Waals surface area contributed by atoms with Gasteiger partial charge in [-0.3, -0.25) is 20.4 Å². The number of carbonyl (C=O) groups excluding carboxylic acids is 3. The molecular weight excluding hydrogens is 404 g/mol. The van der Waals surface area contributed by atoms with E-state index in [-0.39, 0.29) is 36.9 Å². The third-order valence-corrected chi connectivity index (χ3v) is 5.84. The van der Waals surface area contributed by atoms with E-state index in [1.54, 1.807) is 0 Å². The van der Waals surface area contributed by atoms with Crippen molar-refractivity contribution in [3.63, 3.8) is 0 Å². The van der Waals surface area contributed by atoms with Crippen molar-refractivity contribution < 1.29 is 14.4 Å². The van der Waals surface area contributed by atoms with Crippen LogP contribution in [0.5, 0.6) is 0 Å². The molecule has 1 aromatic heterocycles. The van der Waals surface area contributed by atoms with Crippen LogP contribution in [0.15, 0.2) is 24.3 Å². The van der Waals surface area contributed by atoms with Crippen molar-refractivity contribution in [1.29, 1.82) is 0 Å². The molecule has 0 unspecified atom stereocenters. The molecule has 5 N–H and O–H groups in total. The van der Waals surface area contributed by atoms with Gasteiger partial charge in [-0.2, -0.15) is 0 Å². The van der Waals surface area contributed by atoms with Crippen molar-refractivity contribution in [3.05, 3.63) is 24.3 Å². The van der Waals surface area contributed by atoms with Crippen molar-refractivity contribution in [1.82, 2.24) is 26.5 Å². The lowest BCUT2D eigenvalue weighted by molar-refractivity contribution is -0.128. The van der Waals surface area contributed by atoms with Gasteiger partial charge in [-0.05, 0) is 31.4 Å². The van der Waals surface area contributed by atoms with Gasteiger partial charge in [0.2, 0.25) is 5.91 Å². The summed E-state index contributed by atoms with van der Waals surface area (Å²) in [6.07, 6.45) is 6.31. The standard InChI is InChI=1S/C20H28N6O3S/c27-17(11-6-12-21-19(29)23-14-7-2-1-3-8-14)25-26-18(28)13-22-20-24-15-9-4-5-10-16(15)30-20/h4-5,9-10,14H,1-3,6-8,11-13H2,(H,22,24)(H,25,27)(H,26,28)(H2,21,23,29). The number of rotatable bonds is 8. The van der Waals surface area contributed by atoms with E-state index in [2.05, 4.69) is 31.8 Å². The lowest BCUT2D eigenvalue weighted by Crippen LogP contribution is -2.45. The van der Waals surface area contributed by atoms with Gasteiger partial charge in [0.25, 0.3) is 5.91 Å². The molecule has 1 aromatic carbocycles. The first-order valence-electron chi connectivity index (χ1n) is 10.3. The molecular formula is C20H28N6O3S. The minimum absolute atomic E-state index is 0.00297. The van der Waals surface area contributed by atoms with Crippen LogP contribution in [0.4, 0.5) is 9.93 Å². The number of amides is 4. The molecule has 0 spiro atoms. The van der Waals surface area contributed by atoms with Gasteiger partial charge in [-0.15, -0.1) is 0 Å². The average Bonchev–Trinajstić information content (AvgIpc) is 3.17. The predicted octanol–water partition coefficient (Wildman–Crippen LogP) is 2.27. The van der Waals surface area contributed by atoms with E-state index in [1.807, 2.05) is 24.3 Å². The predicted molar refractivity (Wildman–Crippen MR) is 117 cm³/mol. The molecule has 0 bridgehead atoms. The first kappa shape index (κ1) is 21.8. The Balaban J connectivity index is 1.23. The summed E-state index contributed by atoms with van der Waals surface area (Å²) in [5.41, 5.74) is 5.62. The molecule has 9 nitrogen and oxygen atoms in total. The molecule has 162 valence electrons. The second-order valence-electron chi connectivity index (χ2n) is 7.28. The Hall–Kier alpha value is -2.88. The maximum atomic E-state index is 11.9. The molecule has 0 atom stereocenters. The second kappa shape index (κ2) is 11.3. The lowest BCUT2D eigenvalue weighted by atomic mass is 9.96. The number of benzene rings is 1. The molecule has 4 amide bonds. The Morgan fingerprint density at radius 1 is 1.03 bits per heavy atom. The van der Waals surface area contributed by atoms with Crippen molar-refractivity contribution in [2.45, 2.75) is 51.0 Å². The normalized spacial score (nSPS) is 14.1. The van der Waals surface area contributed by atoms with Gasteiger partial charge in [0.05, 0.1) is 16.8 Å². The largest absolute Gasteiger partial charge is 0.352 e. The SMILES string of the molecule is O=C(CCCNC(=O)NC1CCCCC1)NNC(=O)CNc1nc2ccccc2s1. The van der Waals surface area contributed by atoms with Crippen LogP contribution < -0.4 is 26.8 Å². The lowest BCUT2D eigenvalue weighted by Gasteiger charge is -2.22. The van der Waals surface area contributed by atoms with Gasteiger partial charge in [0.15, 0.2) is 5.13 Å². The zero-order valence-corrected chi connectivity index (χ0v) is 17.6. The highest BCUT2D eigenvalue weighted by Gasteiger charge is 2.15. The molecule has 0 saturated heterocycles. The highest BCUT2D eigenvalue weighted by molar-refractivity contribution is 7.22. The summed E-state index contributed by atoms with van der Waals surface area (Å²) >= 11 is 1.46. The molecule has 2 aromatic rings. The summed E-state index contributed by atoms with van der Waals surface area (Å²) in [5.74, 6) is -0.676. The fourth-order valence-electron chi connectivity index (χ4n) is 3.28. The maximum Gasteiger partial charge on any atom is 0.315 e. The zero-order chi connectivity index (χ0) is 21.2. The Morgan fingerprint density at radius 3 is 2.60 bits per heavy atom. The number of hydrazine groups is 1. The van der Waals surface area contributed by atoms with E-state index in [0.29, 0.717) is 18.1 Å². The number of urea groups is 1. The van der Waals surface area contributed by atoms with E-state index in [1.165, 1.54) is 17.8 Å². The number of carbonyl (C=O) groups is 3. The Bertz CT molecular complexity index is 832. The number of thiazole rings is 1. The Morgan fingerprint density at radius 2 is 1.80 bits per heavy atom. The summed E-state index contributed by atoms with van der Waals surface area (Å²) in [6, 6.07) is 7.79. The molecule has 10 heteroatoms. The summed E-state index contributed by atoms with van der Waals surface area (Å²) < 4.78 is 1.04. The number of hydrogen-bond donors (Lipinski definition) is 5. The van der Waals surface area contributed by atoms with Crippen LogP contribution in [0, 0.1) is 0 Å². The van der Waals surface area contributed by atoms with Crippen molar-refractivity contribution in [2.75, 3.05) is 18.4 Å². The van der Waals surface area contributed by atoms with Gasteiger partial charge in [-0.1, -0.05) is 42.7 Å². The Labute approximate surface area is 179 Å². The van der Waals surface area contributed by atoms with Crippen LogP contribution >= 0.6 is 11.3 Å². The maximum absolute atomic E-state index is 11.9. The third-order valence-electron chi connectivity index (χ3n) is 4.84. The van der Waals surface area contributed by atoms with Crippen LogP contribution in [0.2, 0.25) is 0 Å². The van der Waals surface area contributed by atoms with Crippen molar-refractivity contribution in [2.24, 2.45) is 0 Å². The molecule has 3 rings (SSSR count). The van der Waals surface area contributed by atoms with Gasteiger partial charge in [0, 0.05) is 19.0 Å².